The molecule has 8 heteroatoms. The lowest BCUT2D eigenvalue weighted by Crippen LogP contribution is -2.27. The fraction of sp³-hybridized carbons (Fsp3) is 0.278. The van der Waals surface area contributed by atoms with E-state index in [1.165, 1.54) is 19.2 Å². The number of carbonyl (C=O) groups excluding carboxylic acids is 1. The van der Waals surface area contributed by atoms with E-state index in [4.69, 9.17) is 21.1 Å². The van der Waals surface area contributed by atoms with Gasteiger partial charge in [-0.15, -0.1) is 0 Å². The number of nitrogens with one attached hydrogen (secondary N) is 1. The number of carbonyl (C=O) groups is 1. The van der Waals surface area contributed by atoms with Crippen LogP contribution in [0, 0.1) is 10.1 Å². The van der Waals surface area contributed by atoms with Gasteiger partial charge in [0.25, 0.3) is 11.6 Å². The first kappa shape index (κ1) is 19.5. The molecule has 0 aliphatic heterocycles. The summed E-state index contributed by atoms with van der Waals surface area (Å²) in [6, 6.07) is 9.14. The molecule has 0 heterocycles. The number of hydrogen-bond donors (Lipinski definition) is 1. The van der Waals surface area contributed by atoms with E-state index in [9.17, 15) is 14.9 Å². The summed E-state index contributed by atoms with van der Waals surface area (Å²) in [7, 11) is 1.40. The van der Waals surface area contributed by atoms with E-state index < -0.39 is 16.9 Å². The molecule has 0 saturated carbocycles. The molecule has 0 aliphatic rings. The van der Waals surface area contributed by atoms with Crippen molar-refractivity contribution in [1.82, 2.24) is 5.32 Å². The fourth-order valence-corrected chi connectivity index (χ4v) is 2.64. The average Bonchev–Trinajstić information content (AvgIpc) is 2.61. The molecule has 1 atom stereocenters. The lowest BCUT2D eigenvalue weighted by Gasteiger charge is -2.16. The van der Waals surface area contributed by atoms with E-state index in [0.29, 0.717) is 11.6 Å². The van der Waals surface area contributed by atoms with Gasteiger partial charge in [0, 0.05) is 11.1 Å². The lowest BCUT2D eigenvalue weighted by atomic mass is 10.1. The summed E-state index contributed by atoms with van der Waals surface area (Å²) < 4.78 is 10.5. The van der Waals surface area contributed by atoms with Crippen LogP contribution in [0.1, 0.15) is 35.8 Å². The van der Waals surface area contributed by atoms with Crippen LogP contribution in [0.15, 0.2) is 36.4 Å². The van der Waals surface area contributed by atoms with E-state index in [-0.39, 0.29) is 22.7 Å². The van der Waals surface area contributed by atoms with E-state index in [1.807, 2.05) is 6.07 Å². The molecule has 1 unspecified atom stereocenters. The van der Waals surface area contributed by atoms with E-state index in [2.05, 4.69) is 5.32 Å². The maximum atomic E-state index is 12.6. The summed E-state index contributed by atoms with van der Waals surface area (Å²) in [5, 5.41) is 14.7. The number of ether oxygens (including phenoxy) is 2. The van der Waals surface area contributed by atoms with Crippen molar-refractivity contribution < 1.29 is 19.2 Å². The van der Waals surface area contributed by atoms with Crippen molar-refractivity contribution in [3.05, 3.63) is 62.7 Å². The van der Waals surface area contributed by atoms with Crippen LogP contribution in [0.3, 0.4) is 0 Å². The normalized spacial score (nSPS) is 11.5. The van der Waals surface area contributed by atoms with Crippen molar-refractivity contribution in [3.63, 3.8) is 0 Å². The van der Waals surface area contributed by atoms with Crippen LogP contribution >= 0.6 is 11.6 Å². The highest BCUT2D eigenvalue weighted by Gasteiger charge is 2.25. The third kappa shape index (κ3) is 4.43. The fourth-order valence-electron chi connectivity index (χ4n) is 2.44. The molecule has 7 nitrogen and oxygen atoms in total. The molecule has 0 radical (unpaired) electrons. The molecular weight excluding hydrogens is 360 g/mol. The Morgan fingerprint density at radius 1 is 1.31 bits per heavy atom. The number of rotatable bonds is 7. The zero-order valence-corrected chi connectivity index (χ0v) is 15.4. The van der Waals surface area contributed by atoms with E-state index in [0.717, 1.165) is 5.56 Å². The minimum Gasteiger partial charge on any atom is -0.493 e. The monoisotopic (exact) mass is 378 g/mol. The maximum absolute atomic E-state index is 12.6. The summed E-state index contributed by atoms with van der Waals surface area (Å²) in [6.07, 6.45) is 0. The van der Waals surface area contributed by atoms with Gasteiger partial charge in [-0.2, -0.15) is 0 Å². The second-order valence-electron chi connectivity index (χ2n) is 5.46. The number of amides is 1. The molecule has 26 heavy (non-hydrogen) atoms. The first-order valence-corrected chi connectivity index (χ1v) is 8.30. The van der Waals surface area contributed by atoms with Crippen molar-refractivity contribution >= 4 is 23.2 Å². The standard InChI is InChI=1S/C18H19ClN2O5/c1-4-26-17-10-15(21(23)24)14(9-16(17)25-3)18(22)20-11(2)12-6-5-7-13(19)8-12/h5-11H,4H2,1-3H3,(H,20,22). The summed E-state index contributed by atoms with van der Waals surface area (Å²) in [5.74, 6) is -0.135. The Kier molecular flexibility index (Phi) is 6.41. The Balaban J connectivity index is 2.36. The van der Waals surface area contributed by atoms with Gasteiger partial charge in [-0.3, -0.25) is 14.9 Å². The third-order valence-electron chi connectivity index (χ3n) is 3.72. The number of nitro benzene ring substituents is 1. The molecule has 0 bridgehead atoms. The van der Waals surface area contributed by atoms with Crippen LogP contribution in [0.2, 0.25) is 5.02 Å². The van der Waals surface area contributed by atoms with Crippen molar-refractivity contribution in [1.29, 1.82) is 0 Å². The first-order chi connectivity index (χ1) is 12.4. The zero-order chi connectivity index (χ0) is 19.3. The lowest BCUT2D eigenvalue weighted by molar-refractivity contribution is -0.385. The van der Waals surface area contributed by atoms with Gasteiger partial charge < -0.3 is 14.8 Å². The number of nitro groups is 1. The molecule has 0 aromatic heterocycles. The van der Waals surface area contributed by atoms with Crippen molar-refractivity contribution in [3.8, 4) is 11.5 Å². The van der Waals surface area contributed by atoms with Gasteiger partial charge >= 0.3 is 0 Å². The second-order valence-corrected chi connectivity index (χ2v) is 5.90. The minimum atomic E-state index is -0.624. The Labute approximate surface area is 156 Å². The predicted molar refractivity (Wildman–Crippen MR) is 98.2 cm³/mol. The first-order valence-electron chi connectivity index (χ1n) is 7.92. The van der Waals surface area contributed by atoms with Gasteiger partial charge in [-0.25, -0.2) is 0 Å². The number of benzene rings is 2. The van der Waals surface area contributed by atoms with Gasteiger partial charge in [0.05, 0.1) is 30.7 Å². The number of nitrogens with zero attached hydrogens (tertiary/aromatic N) is 1. The van der Waals surface area contributed by atoms with Gasteiger partial charge in [-0.05, 0) is 31.5 Å². The van der Waals surface area contributed by atoms with Crippen LogP contribution in [-0.2, 0) is 0 Å². The Bertz CT molecular complexity index is 825. The molecule has 1 N–H and O–H groups in total. The van der Waals surface area contributed by atoms with Crippen molar-refractivity contribution in [2.75, 3.05) is 13.7 Å². The summed E-state index contributed by atoms with van der Waals surface area (Å²) in [5.41, 5.74) is 0.320. The van der Waals surface area contributed by atoms with Gasteiger partial charge in [-0.1, -0.05) is 23.7 Å². The van der Waals surface area contributed by atoms with Crippen molar-refractivity contribution in [2.45, 2.75) is 19.9 Å². The molecule has 0 aliphatic carbocycles. The highest BCUT2D eigenvalue weighted by atomic mass is 35.5. The average molecular weight is 379 g/mol. The predicted octanol–water partition coefficient (Wildman–Crippen LogP) is 4.15. The minimum absolute atomic E-state index is 0.107. The molecule has 0 spiro atoms. The number of hydrogen-bond acceptors (Lipinski definition) is 5. The largest absolute Gasteiger partial charge is 0.493 e. The second kappa shape index (κ2) is 8.53. The van der Waals surface area contributed by atoms with Crippen LogP contribution in [-0.4, -0.2) is 24.5 Å². The van der Waals surface area contributed by atoms with Crippen LogP contribution < -0.4 is 14.8 Å². The van der Waals surface area contributed by atoms with E-state index in [1.54, 1.807) is 32.0 Å². The van der Waals surface area contributed by atoms with Crippen LogP contribution in [0.4, 0.5) is 5.69 Å². The third-order valence-corrected chi connectivity index (χ3v) is 3.95. The van der Waals surface area contributed by atoms with Crippen LogP contribution in [0.5, 0.6) is 11.5 Å². The van der Waals surface area contributed by atoms with E-state index >= 15 is 0 Å². The number of methoxy groups -OCH3 is 1. The smallest absolute Gasteiger partial charge is 0.286 e. The Hall–Kier alpha value is -2.80. The van der Waals surface area contributed by atoms with Crippen molar-refractivity contribution in [2.24, 2.45) is 0 Å². The van der Waals surface area contributed by atoms with Crippen LogP contribution in [0.25, 0.3) is 0 Å². The summed E-state index contributed by atoms with van der Waals surface area (Å²) in [6.45, 7) is 3.82. The maximum Gasteiger partial charge on any atom is 0.286 e. The molecule has 2 rings (SSSR count). The van der Waals surface area contributed by atoms with Gasteiger partial charge in [0.15, 0.2) is 11.5 Å². The highest BCUT2D eigenvalue weighted by molar-refractivity contribution is 6.30. The highest BCUT2D eigenvalue weighted by Crippen LogP contribution is 2.35. The SMILES string of the molecule is CCOc1cc([N+](=O)[O-])c(C(=O)NC(C)c2cccc(Cl)c2)cc1OC. The molecule has 2 aromatic carbocycles. The Morgan fingerprint density at radius 2 is 2.04 bits per heavy atom. The molecule has 138 valence electrons. The molecular formula is C18H19ClN2O5. The summed E-state index contributed by atoms with van der Waals surface area (Å²) >= 11 is 5.96. The quantitative estimate of drug-likeness (QED) is 0.577. The Morgan fingerprint density at radius 3 is 2.62 bits per heavy atom. The molecule has 1 amide bonds. The number of halogens is 1. The topological polar surface area (TPSA) is 90.7 Å². The van der Waals surface area contributed by atoms with Gasteiger partial charge in [0.1, 0.15) is 5.56 Å². The summed E-state index contributed by atoms with van der Waals surface area (Å²) in [4.78, 5) is 23.4. The van der Waals surface area contributed by atoms with Gasteiger partial charge in [0.2, 0.25) is 0 Å². The molecule has 0 fully saturated rings. The molecule has 2 aromatic rings. The zero-order valence-electron chi connectivity index (χ0n) is 14.6. The molecule has 0 saturated heterocycles.